The van der Waals surface area contributed by atoms with Crippen LogP contribution in [0.3, 0.4) is 0 Å². The third-order valence-corrected chi connectivity index (χ3v) is 19.7. The SMILES string of the molecule is CC[C@H](C)[C@H](NC(=O)[C@@H](N)Cc1ccc(O)cc1)C(=O)N[C@@H](Cc1ccccc1)C(=O)N[C@@H](CO)C(=O)N1CCC[C@H]1C(=O)N[C@@H](CCCN=C(N)N)C(=O)N[C@@H](CO)C(=O)N[C@@H](CC(=O)O)C(=O)N[C@@H](CC(C)C)C(=O)N[C@@H](C)C(=O)N[C@@H](Cc1cnc[nH]1)C(=O)N[C@@H](CC(C)C)C(=O)N[C@H](C(=O)N[C@H](C(=O)N[C@H](C(=O)O)[C@@H](C)O)[C@@H](C)O)[C@@H](C)O. The van der Waals surface area contributed by atoms with E-state index in [0.717, 1.165) is 25.7 Å². The number of aromatic nitrogens is 2. The van der Waals surface area contributed by atoms with Crippen LogP contribution in [0.1, 0.15) is 137 Å². The summed E-state index contributed by atoms with van der Waals surface area (Å²) in [4.78, 5) is 233. The third-order valence-electron chi connectivity index (χ3n) is 19.7. The second-order valence-electron chi connectivity index (χ2n) is 30.9. The number of imidazole rings is 1. The Morgan fingerprint density at radius 1 is 0.508 bits per heavy atom. The van der Waals surface area contributed by atoms with Crippen LogP contribution in [0.15, 0.2) is 72.1 Å². The number of guanidine groups is 1. The smallest absolute Gasteiger partial charge is 0.328 e. The van der Waals surface area contributed by atoms with E-state index in [1.54, 1.807) is 84.0 Å². The Morgan fingerprint density at radius 2 is 0.959 bits per heavy atom. The Bertz CT molecular complexity index is 4060. The number of phenolic OH excluding ortho intramolecular Hbond substituents is 1. The minimum atomic E-state index is -2.07. The summed E-state index contributed by atoms with van der Waals surface area (Å²) in [5.74, 6) is -19.8. The molecule has 1 aliphatic heterocycles. The molecule has 122 heavy (non-hydrogen) atoms. The first-order valence-electron chi connectivity index (χ1n) is 40.0. The second kappa shape index (κ2) is 50.3. The number of hydrogen-bond acceptors (Lipinski definition) is 25. The van der Waals surface area contributed by atoms with Crippen LogP contribution >= 0.6 is 0 Å². The number of aliphatic imine (C=N–C) groups is 1. The Morgan fingerprint density at radius 3 is 1.47 bits per heavy atom. The number of aliphatic hydroxyl groups excluding tert-OH is 5. The molecule has 676 valence electrons. The van der Waals surface area contributed by atoms with Crippen molar-refractivity contribution in [1.29, 1.82) is 0 Å². The molecule has 0 aliphatic carbocycles. The van der Waals surface area contributed by atoms with E-state index >= 15 is 0 Å². The lowest BCUT2D eigenvalue weighted by Crippen LogP contribution is -2.63. The van der Waals surface area contributed by atoms with Gasteiger partial charge in [0.05, 0.1) is 50.3 Å². The molecule has 0 radical (unpaired) electrons. The number of nitrogens with zero attached hydrogens (tertiary/aromatic N) is 3. The van der Waals surface area contributed by atoms with Gasteiger partial charge < -0.3 is 137 Å². The number of carboxylic acids is 2. The fraction of sp³-hybridized carbons (Fsp3) is 0.590. The van der Waals surface area contributed by atoms with Crippen LogP contribution in [0.4, 0.5) is 0 Å². The van der Waals surface area contributed by atoms with Crippen molar-refractivity contribution in [3.8, 4) is 5.75 Å². The normalized spacial score (nSPS) is 17.0. The van der Waals surface area contributed by atoms with Crippen molar-refractivity contribution in [2.75, 3.05) is 26.3 Å². The minimum Gasteiger partial charge on any atom is -0.508 e. The molecule has 1 aliphatic rings. The predicted octanol–water partition coefficient (Wildman–Crippen LogP) is -7.34. The first-order valence-corrected chi connectivity index (χ1v) is 40.0. The van der Waals surface area contributed by atoms with Gasteiger partial charge >= 0.3 is 11.9 Å². The van der Waals surface area contributed by atoms with E-state index in [2.05, 4.69) is 78.8 Å². The number of likely N-dealkylation sites (tertiary alicyclic amines) is 1. The zero-order chi connectivity index (χ0) is 91.5. The van der Waals surface area contributed by atoms with Gasteiger partial charge in [0, 0.05) is 37.8 Å². The second-order valence-corrected chi connectivity index (χ2v) is 30.9. The van der Waals surface area contributed by atoms with E-state index in [4.69, 9.17) is 17.2 Å². The number of nitrogens with one attached hydrogen (secondary N) is 14. The summed E-state index contributed by atoms with van der Waals surface area (Å²) >= 11 is 0. The predicted molar refractivity (Wildman–Crippen MR) is 435 cm³/mol. The highest BCUT2D eigenvalue weighted by Gasteiger charge is 2.43. The molecule has 0 unspecified atom stereocenters. The maximum Gasteiger partial charge on any atom is 0.328 e. The summed E-state index contributed by atoms with van der Waals surface area (Å²) in [7, 11) is 0. The Hall–Kier alpha value is -12.0. The molecule has 1 saturated heterocycles. The van der Waals surface area contributed by atoms with Crippen LogP contribution in [0.2, 0.25) is 0 Å². The zero-order valence-corrected chi connectivity index (χ0v) is 69.8. The summed E-state index contributed by atoms with van der Waals surface area (Å²) in [5.41, 5.74) is 18.8. The van der Waals surface area contributed by atoms with Crippen molar-refractivity contribution in [2.24, 2.45) is 39.9 Å². The van der Waals surface area contributed by atoms with E-state index in [1.807, 2.05) is 5.32 Å². The van der Waals surface area contributed by atoms with Crippen LogP contribution < -0.4 is 86.3 Å². The molecule has 4 rings (SSSR count). The first kappa shape index (κ1) is 102. The molecule has 1 fully saturated rings. The maximum absolute atomic E-state index is 14.5. The average Bonchev–Trinajstić information content (AvgIpc) is 1.58. The van der Waals surface area contributed by atoms with Gasteiger partial charge in [0.15, 0.2) is 12.0 Å². The number of rotatable bonds is 51. The van der Waals surface area contributed by atoms with E-state index in [1.165, 1.54) is 31.6 Å². The number of phenols is 1. The van der Waals surface area contributed by atoms with Gasteiger partial charge in [0.2, 0.25) is 82.7 Å². The number of H-pyrrole nitrogens is 1. The summed E-state index contributed by atoms with van der Waals surface area (Å²) in [6, 6.07) is -10.1. The lowest BCUT2D eigenvalue weighted by molar-refractivity contribution is -0.146. The van der Waals surface area contributed by atoms with Gasteiger partial charge in [-0.1, -0.05) is 90.4 Å². The highest BCUT2D eigenvalue weighted by Crippen LogP contribution is 2.21. The summed E-state index contributed by atoms with van der Waals surface area (Å²) in [6.07, 6.45) is -4.22. The number of aliphatic carboxylic acids is 2. The Labute approximate surface area is 704 Å². The minimum absolute atomic E-state index is 0.00119. The number of benzene rings is 2. The molecule has 28 N–H and O–H groups in total. The molecule has 19 atom stereocenters. The van der Waals surface area contributed by atoms with Gasteiger partial charge in [-0.05, 0) is 114 Å². The number of aromatic amines is 1. The number of amides is 14. The van der Waals surface area contributed by atoms with Crippen molar-refractivity contribution in [2.45, 2.75) is 249 Å². The molecule has 0 bridgehead atoms. The van der Waals surface area contributed by atoms with E-state index < -0.39 is 235 Å². The number of carbonyl (C=O) groups excluding carboxylic acids is 14. The third kappa shape index (κ3) is 33.5. The van der Waals surface area contributed by atoms with Crippen molar-refractivity contribution >= 4 is 101 Å². The number of carboxylic acid groups (broad SMARTS) is 2. The number of nitrogens with two attached hydrogens (primary N) is 3. The van der Waals surface area contributed by atoms with Gasteiger partial charge in [-0.25, -0.2) is 9.78 Å². The average molecular weight is 1720 g/mol. The molecule has 1 aromatic heterocycles. The van der Waals surface area contributed by atoms with Crippen LogP contribution in [0.25, 0.3) is 0 Å². The van der Waals surface area contributed by atoms with Crippen molar-refractivity contribution < 1.29 is 118 Å². The molecule has 0 saturated carbocycles. The lowest BCUT2D eigenvalue weighted by atomic mass is 9.96. The molecule has 3 aromatic rings. The highest BCUT2D eigenvalue weighted by atomic mass is 16.4. The molecular formula is C78H120N20O24. The van der Waals surface area contributed by atoms with Crippen molar-refractivity contribution in [3.05, 3.63) is 83.9 Å². The van der Waals surface area contributed by atoms with Crippen LogP contribution in [-0.4, -0.2) is 292 Å². The lowest BCUT2D eigenvalue weighted by Gasteiger charge is -2.31. The Balaban J connectivity index is 1.51. The maximum atomic E-state index is 14.5. The topological polar surface area (TPSA) is 714 Å². The molecular weight excluding hydrogens is 1600 g/mol. The number of aliphatic hydroxyl groups is 5. The first-order chi connectivity index (χ1) is 57.4. The van der Waals surface area contributed by atoms with Gasteiger partial charge in [0.25, 0.3) is 0 Å². The quantitative estimate of drug-likeness (QED) is 0.0142. The summed E-state index contributed by atoms with van der Waals surface area (Å²) in [6.45, 7) is 12.0. The van der Waals surface area contributed by atoms with E-state index in [0.29, 0.717) is 17.5 Å². The van der Waals surface area contributed by atoms with E-state index in [-0.39, 0.29) is 94.2 Å². The molecule has 44 heteroatoms. The molecule has 2 aromatic carbocycles. The van der Waals surface area contributed by atoms with Gasteiger partial charge in [0.1, 0.15) is 84.3 Å². The fourth-order valence-electron chi connectivity index (χ4n) is 12.8. The Kier molecular flexibility index (Phi) is 42.2. The number of aromatic hydroxyl groups is 1. The summed E-state index contributed by atoms with van der Waals surface area (Å²) in [5, 5.41) is 113. The molecule has 0 spiro atoms. The van der Waals surface area contributed by atoms with Crippen LogP contribution in [-0.2, 0) is 96.0 Å². The van der Waals surface area contributed by atoms with E-state index in [9.17, 15) is 118 Å². The van der Waals surface area contributed by atoms with Gasteiger partial charge in [-0.3, -0.25) is 76.9 Å². The fourth-order valence-corrected chi connectivity index (χ4v) is 12.8. The largest absolute Gasteiger partial charge is 0.508 e. The molecule has 44 nitrogen and oxygen atoms in total. The van der Waals surface area contributed by atoms with Gasteiger partial charge in [-0.2, -0.15) is 0 Å². The highest BCUT2D eigenvalue weighted by molar-refractivity contribution is 6.01. The summed E-state index contributed by atoms with van der Waals surface area (Å²) < 4.78 is 0. The standard InChI is InChI=1S/C78H120N20O24/c1-11-39(6)59(94-64(108)48(79)29-45-21-23-47(104)24-22-45)73(117)91-52(30-44-17-13-12-14-18-44)67(111)93-56(35-100)76(120)98-26-16-20-57(98)72(116)86-49(19-15-25-83-78(80)81)65(109)92-55(34-99)71(115)90-54(32-58(105)106)69(113)88-50(27-37(2)3)66(110)85-40(7)63(107)87-53(31-46-33-82-36-84-46)68(112)89-51(28-38(4)5)70(114)95-60(41(8)101)74(118)96-61(42(9)102)75(119)97-62(43(10)103)77(121)122/h12-14,17-18,21-24,33,36-43,48-57,59-62,99-104H,11,15-16,19-20,25-32,34-35,79H2,1-10H3,(H,82,84)(H,85,110)(H,86,116)(H,87,107)(H,88,113)(H,89,112)(H,90,115)(H,91,117)(H,92,109)(H,93,111)(H,94,108)(H,95,114)(H,96,118)(H,97,119)(H,105,106)(H,121,122)(H4,80,81,83)/t39-,40-,41+,42+,43+,48-,49-,50-,51-,52-,53-,54-,55-,56-,57-,59-,60-,61-,62-/m0/s1. The molecule has 2 heterocycles. The van der Waals surface area contributed by atoms with Crippen LogP contribution in [0.5, 0.6) is 5.75 Å². The van der Waals surface area contributed by atoms with Crippen molar-refractivity contribution in [1.82, 2.24) is 84.0 Å². The number of hydrogen-bond donors (Lipinski definition) is 25. The van der Waals surface area contributed by atoms with Crippen LogP contribution in [0, 0.1) is 17.8 Å². The number of carbonyl (C=O) groups is 16. The monoisotopic (exact) mass is 1720 g/mol. The zero-order valence-electron chi connectivity index (χ0n) is 69.8. The van der Waals surface area contributed by atoms with Gasteiger partial charge in [-0.15, -0.1) is 0 Å². The molecule has 14 amide bonds. The van der Waals surface area contributed by atoms with Crippen molar-refractivity contribution in [3.63, 3.8) is 0 Å².